The second-order valence-corrected chi connectivity index (χ2v) is 3.31. The van der Waals surface area contributed by atoms with E-state index in [4.69, 9.17) is 11.2 Å². The number of ether oxygens (including phenoxy) is 1. The molecule has 3 heteroatoms. The largest absolute Gasteiger partial charge is 0.378 e. The summed E-state index contributed by atoms with van der Waals surface area (Å²) in [5.41, 5.74) is 1.07. The van der Waals surface area contributed by atoms with Gasteiger partial charge < -0.3 is 4.74 Å². The molecule has 64 valence electrons. The molecule has 0 unspecified atom stereocenters. The lowest BCUT2D eigenvalue weighted by Gasteiger charge is -1.90. The van der Waals surface area contributed by atoms with Gasteiger partial charge in [-0.3, -0.25) is 0 Å². The van der Waals surface area contributed by atoms with E-state index in [2.05, 4.69) is 10.9 Å². The highest BCUT2D eigenvalue weighted by Gasteiger charge is 1.99. The Morgan fingerprint density at radius 3 is 3.25 bits per heavy atom. The maximum absolute atomic E-state index is 5.14. The van der Waals surface area contributed by atoms with Crippen LogP contribution in [-0.2, 0) is 17.8 Å². The van der Waals surface area contributed by atoms with E-state index in [9.17, 15) is 0 Å². The molecule has 1 rings (SSSR count). The Balaban J connectivity index is 2.47. The van der Waals surface area contributed by atoms with Crippen molar-refractivity contribution in [3.63, 3.8) is 0 Å². The molecule has 0 amide bonds. The first-order chi connectivity index (χ1) is 5.86. The molecule has 1 heterocycles. The fraction of sp³-hybridized carbons (Fsp3) is 0.444. The highest BCUT2D eigenvalue weighted by Crippen LogP contribution is 2.11. The minimum Gasteiger partial charge on any atom is -0.378 e. The third kappa shape index (κ3) is 2.65. The molecule has 0 aliphatic rings. The van der Waals surface area contributed by atoms with Gasteiger partial charge in [-0.1, -0.05) is 0 Å². The Bertz CT molecular complexity index is 274. The van der Waals surface area contributed by atoms with Gasteiger partial charge in [-0.2, -0.15) is 0 Å². The van der Waals surface area contributed by atoms with Crippen LogP contribution in [0.2, 0.25) is 0 Å². The Kier molecular flexibility index (Phi) is 3.78. The fourth-order valence-corrected chi connectivity index (χ4v) is 1.65. The van der Waals surface area contributed by atoms with Gasteiger partial charge in [-0.15, -0.1) is 23.7 Å². The van der Waals surface area contributed by atoms with E-state index in [0.717, 1.165) is 23.5 Å². The molecule has 0 aromatic carbocycles. The molecular formula is C9H11NOS. The van der Waals surface area contributed by atoms with E-state index in [1.807, 2.05) is 5.38 Å². The molecule has 0 fully saturated rings. The molecule has 0 saturated heterocycles. The van der Waals surface area contributed by atoms with E-state index < -0.39 is 0 Å². The Hall–Kier alpha value is -0.850. The molecule has 0 aliphatic heterocycles. The van der Waals surface area contributed by atoms with Crippen molar-refractivity contribution in [3.8, 4) is 12.3 Å². The summed E-state index contributed by atoms with van der Waals surface area (Å²) in [4.78, 5) is 4.34. The van der Waals surface area contributed by atoms with Crippen LogP contribution in [-0.4, -0.2) is 12.1 Å². The molecule has 1 aromatic rings. The summed E-state index contributed by atoms with van der Waals surface area (Å²) >= 11 is 1.62. The van der Waals surface area contributed by atoms with Crippen molar-refractivity contribution >= 4 is 11.3 Å². The van der Waals surface area contributed by atoms with E-state index in [0.29, 0.717) is 6.61 Å². The van der Waals surface area contributed by atoms with Crippen LogP contribution in [0.15, 0.2) is 5.38 Å². The normalized spacial score (nSPS) is 9.67. The number of methoxy groups -OCH3 is 1. The first kappa shape index (κ1) is 9.24. The molecule has 0 aliphatic carbocycles. The van der Waals surface area contributed by atoms with Crippen LogP contribution in [0.5, 0.6) is 0 Å². The highest BCUT2D eigenvalue weighted by molar-refractivity contribution is 7.09. The van der Waals surface area contributed by atoms with Crippen molar-refractivity contribution in [2.45, 2.75) is 19.4 Å². The van der Waals surface area contributed by atoms with Gasteiger partial charge in [0.1, 0.15) is 5.01 Å². The van der Waals surface area contributed by atoms with Crippen molar-refractivity contribution in [3.05, 3.63) is 16.1 Å². The van der Waals surface area contributed by atoms with Crippen LogP contribution in [0.25, 0.3) is 0 Å². The van der Waals surface area contributed by atoms with Gasteiger partial charge in [0.25, 0.3) is 0 Å². The fourth-order valence-electron chi connectivity index (χ4n) is 0.854. The predicted octanol–water partition coefficient (Wildman–Crippen LogP) is 1.86. The summed E-state index contributed by atoms with van der Waals surface area (Å²) in [5.74, 6) is 2.59. The Morgan fingerprint density at radius 1 is 1.75 bits per heavy atom. The minimum atomic E-state index is 0.598. The Labute approximate surface area is 76.6 Å². The average molecular weight is 181 g/mol. The van der Waals surface area contributed by atoms with Crippen LogP contribution in [0, 0.1) is 12.3 Å². The van der Waals surface area contributed by atoms with Crippen LogP contribution in [0.3, 0.4) is 0 Å². The third-order valence-corrected chi connectivity index (χ3v) is 2.26. The van der Waals surface area contributed by atoms with Crippen molar-refractivity contribution in [1.29, 1.82) is 0 Å². The first-order valence-corrected chi connectivity index (χ1v) is 4.60. The van der Waals surface area contributed by atoms with Crippen molar-refractivity contribution in [1.82, 2.24) is 4.98 Å². The molecule has 0 atom stereocenters. The number of aromatic nitrogens is 1. The smallest absolute Gasteiger partial charge is 0.119 e. The first-order valence-electron chi connectivity index (χ1n) is 3.72. The van der Waals surface area contributed by atoms with E-state index in [1.54, 1.807) is 18.4 Å². The van der Waals surface area contributed by atoms with Crippen molar-refractivity contribution in [2.75, 3.05) is 7.11 Å². The molecule has 0 radical (unpaired) electrons. The molecule has 12 heavy (non-hydrogen) atoms. The van der Waals surface area contributed by atoms with Gasteiger partial charge in [0.05, 0.1) is 12.3 Å². The second-order valence-electron chi connectivity index (χ2n) is 2.37. The van der Waals surface area contributed by atoms with Crippen LogP contribution in [0.4, 0.5) is 0 Å². The number of hydrogen-bond donors (Lipinski definition) is 0. The summed E-state index contributed by atoms with van der Waals surface area (Å²) < 4.78 is 4.95. The standard InChI is InChI=1S/C9H11NOS/c1-3-4-5-8-7-12-9(10-8)6-11-2/h1,7H,4-6H2,2H3. The molecule has 0 spiro atoms. The molecule has 2 nitrogen and oxygen atoms in total. The van der Waals surface area contributed by atoms with E-state index >= 15 is 0 Å². The monoisotopic (exact) mass is 181 g/mol. The van der Waals surface area contributed by atoms with Crippen LogP contribution < -0.4 is 0 Å². The number of nitrogens with zero attached hydrogens (tertiary/aromatic N) is 1. The predicted molar refractivity (Wildman–Crippen MR) is 50.0 cm³/mol. The summed E-state index contributed by atoms with van der Waals surface area (Å²) in [5, 5.41) is 3.05. The molecule has 1 aromatic heterocycles. The van der Waals surface area contributed by atoms with Gasteiger partial charge >= 0.3 is 0 Å². The van der Waals surface area contributed by atoms with Gasteiger partial charge in [-0.05, 0) is 0 Å². The van der Waals surface area contributed by atoms with Gasteiger partial charge in [0.15, 0.2) is 0 Å². The number of terminal acetylenes is 1. The summed E-state index contributed by atoms with van der Waals surface area (Å²) in [6.45, 7) is 0.598. The number of thiazole rings is 1. The summed E-state index contributed by atoms with van der Waals surface area (Å²) in [6, 6.07) is 0. The highest BCUT2D eigenvalue weighted by atomic mass is 32.1. The molecule has 0 N–H and O–H groups in total. The molecular weight excluding hydrogens is 170 g/mol. The lowest BCUT2D eigenvalue weighted by molar-refractivity contribution is 0.184. The second kappa shape index (κ2) is 4.91. The zero-order chi connectivity index (χ0) is 8.81. The summed E-state index contributed by atoms with van der Waals surface area (Å²) in [7, 11) is 1.67. The SMILES string of the molecule is C#CCCc1csc(COC)n1. The van der Waals surface area contributed by atoms with Crippen LogP contribution >= 0.6 is 11.3 Å². The lowest BCUT2D eigenvalue weighted by atomic mass is 10.3. The van der Waals surface area contributed by atoms with E-state index in [-0.39, 0.29) is 0 Å². The van der Waals surface area contributed by atoms with Crippen molar-refractivity contribution in [2.24, 2.45) is 0 Å². The van der Waals surface area contributed by atoms with Crippen molar-refractivity contribution < 1.29 is 4.74 Å². The van der Waals surface area contributed by atoms with E-state index in [1.165, 1.54) is 0 Å². The summed E-state index contributed by atoms with van der Waals surface area (Å²) in [6.07, 6.45) is 6.77. The zero-order valence-corrected chi connectivity index (χ0v) is 7.86. The zero-order valence-electron chi connectivity index (χ0n) is 7.04. The number of hydrogen-bond acceptors (Lipinski definition) is 3. The van der Waals surface area contributed by atoms with Gasteiger partial charge in [0.2, 0.25) is 0 Å². The van der Waals surface area contributed by atoms with Gasteiger partial charge in [-0.25, -0.2) is 4.98 Å². The Morgan fingerprint density at radius 2 is 2.58 bits per heavy atom. The maximum Gasteiger partial charge on any atom is 0.119 e. The average Bonchev–Trinajstić information content (AvgIpc) is 2.50. The number of rotatable bonds is 4. The lowest BCUT2D eigenvalue weighted by Crippen LogP contribution is -1.88. The van der Waals surface area contributed by atoms with Gasteiger partial charge in [0, 0.05) is 25.3 Å². The quantitative estimate of drug-likeness (QED) is 0.661. The third-order valence-electron chi connectivity index (χ3n) is 1.39. The molecule has 0 bridgehead atoms. The minimum absolute atomic E-state index is 0.598. The molecule has 0 saturated carbocycles. The topological polar surface area (TPSA) is 22.1 Å². The maximum atomic E-state index is 5.14. The number of aryl methyl sites for hydroxylation is 1. The van der Waals surface area contributed by atoms with Crippen LogP contribution in [0.1, 0.15) is 17.1 Å².